The van der Waals surface area contributed by atoms with Crippen LogP contribution in [0.4, 0.5) is 5.13 Å². The number of nitrogens with zero attached hydrogens (tertiary/aromatic N) is 2. The first-order chi connectivity index (χ1) is 12.6. The van der Waals surface area contributed by atoms with Crippen LogP contribution in [0.15, 0.2) is 33.1 Å². The molecule has 3 rings (SSSR count). The number of nitrogens with one attached hydrogen (secondary N) is 2. The minimum absolute atomic E-state index is 0.0190. The van der Waals surface area contributed by atoms with Crippen LogP contribution in [0.2, 0.25) is 0 Å². The summed E-state index contributed by atoms with van der Waals surface area (Å²) in [6.07, 6.45) is 2.47. The highest BCUT2D eigenvalue weighted by molar-refractivity contribution is 9.10. The van der Waals surface area contributed by atoms with Gasteiger partial charge in [0, 0.05) is 17.6 Å². The maximum absolute atomic E-state index is 12.2. The molecule has 2 aromatic rings. The Bertz CT molecular complexity index is 720. The lowest BCUT2D eigenvalue weighted by molar-refractivity contribution is -0.119. The molecular weight excluding hydrogens is 436 g/mol. The third kappa shape index (κ3) is 5.94. The van der Waals surface area contributed by atoms with Gasteiger partial charge in [0.05, 0.1) is 17.9 Å². The number of hydrogen-bond acceptors (Lipinski definition) is 7. The summed E-state index contributed by atoms with van der Waals surface area (Å²) in [5.41, 5.74) is 1.07. The maximum Gasteiger partial charge on any atom is 0.230 e. The van der Waals surface area contributed by atoms with Crippen LogP contribution in [0.25, 0.3) is 0 Å². The molecule has 0 unspecified atom stereocenters. The third-order valence-corrected chi connectivity index (χ3v) is 6.53. The molecule has 0 saturated carbocycles. The predicted octanol–water partition coefficient (Wildman–Crippen LogP) is 3.86. The van der Waals surface area contributed by atoms with Crippen LogP contribution in [0.3, 0.4) is 0 Å². The van der Waals surface area contributed by atoms with Gasteiger partial charge in [-0.15, -0.1) is 10.2 Å². The molecule has 9 heteroatoms. The number of benzene rings is 1. The van der Waals surface area contributed by atoms with Gasteiger partial charge in [0.2, 0.25) is 11.0 Å². The van der Waals surface area contributed by atoms with Gasteiger partial charge in [0.15, 0.2) is 4.34 Å². The normalized spacial score (nSPS) is 17.8. The van der Waals surface area contributed by atoms with Crippen molar-refractivity contribution in [2.45, 2.75) is 36.3 Å². The Morgan fingerprint density at radius 3 is 2.96 bits per heavy atom. The van der Waals surface area contributed by atoms with Crippen molar-refractivity contribution in [3.8, 4) is 0 Å². The van der Waals surface area contributed by atoms with Crippen LogP contribution >= 0.6 is 39.0 Å². The number of anilines is 1. The van der Waals surface area contributed by atoms with Gasteiger partial charge in [-0.1, -0.05) is 51.2 Å². The fourth-order valence-corrected chi connectivity index (χ4v) is 4.43. The Morgan fingerprint density at radius 2 is 2.23 bits per heavy atom. The van der Waals surface area contributed by atoms with Gasteiger partial charge in [-0.2, -0.15) is 0 Å². The molecule has 0 spiro atoms. The van der Waals surface area contributed by atoms with E-state index in [0.717, 1.165) is 45.5 Å². The number of ether oxygens (including phenoxy) is 1. The molecule has 2 atom stereocenters. The average Bonchev–Trinajstić information content (AvgIpc) is 3.30. The molecule has 2 N–H and O–H groups in total. The average molecular weight is 457 g/mol. The van der Waals surface area contributed by atoms with Crippen LogP contribution < -0.4 is 10.6 Å². The largest absolute Gasteiger partial charge is 0.376 e. The Morgan fingerprint density at radius 1 is 1.42 bits per heavy atom. The predicted molar refractivity (Wildman–Crippen MR) is 109 cm³/mol. The van der Waals surface area contributed by atoms with E-state index in [-0.39, 0.29) is 18.1 Å². The molecule has 2 heterocycles. The highest BCUT2D eigenvalue weighted by Crippen LogP contribution is 2.26. The Labute approximate surface area is 169 Å². The molecule has 1 aliphatic heterocycles. The number of aromatic nitrogens is 2. The summed E-state index contributed by atoms with van der Waals surface area (Å²) in [5.74, 6) is 0.302. The lowest BCUT2D eigenvalue weighted by Crippen LogP contribution is -2.28. The molecule has 1 saturated heterocycles. The summed E-state index contributed by atoms with van der Waals surface area (Å²) >= 11 is 6.28. The van der Waals surface area contributed by atoms with Crippen molar-refractivity contribution in [3.63, 3.8) is 0 Å². The summed E-state index contributed by atoms with van der Waals surface area (Å²) < 4.78 is 7.38. The monoisotopic (exact) mass is 456 g/mol. The highest BCUT2D eigenvalue weighted by atomic mass is 79.9. The molecule has 1 aliphatic rings. The fourth-order valence-electron chi connectivity index (χ4n) is 2.59. The zero-order valence-corrected chi connectivity index (χ0v) is 17.6. The molecule has 0 radical (unpaired) electrons. The first kappa shape index (κ1) is 19.6. The summed E-state index contributed by atoms with van der Waals surface area (Å²) in [7, 11) is 0. The number of carbonyl (C=O) groups excluding carboxylic acids is 1. The first-order valence-corrected chi connectivity index (χ1v) is 11.1. The second kappa shape index (κ2) is 9.68. The number of hydrogen-bond donors (Lipinski definition) is 2. The number of amides is 1. The highest BCUT2D eigenvalue weighted by Gasteiger charge is 2.16. The van der Waals surface area contributed by atoms with E-state index >= 15 is 0 Å². The van der Waals surface area contributed by atoms with Crippen molar-refractivity contribution in [2.24, 2.45) is 0 Å². The van der Waals surface area contributed by atoms with Crippen LogP contribution in [0, 0.1) is 0 Å². The van der Waals surface area contributed by atoms with Crippen molar-refractivity contribution >= 4 is 50.1 Å². The number of rotatable bonds is 8. The molecule has 0 bridgehead atoms. The molecular formula is C17H21BrN4O2S2. The van der Waals surface area contributed by atoms with Crippen molar-refractivity contribution < 1.29 is 9.53 Å². The topological polar surface area (TPSA) is 76.1 Å². The van der Waals surface area contributed by atoms with E-state index in [0.29, 0.717) is 5.75 Å². The summed E-state index contributed by atoms with van der Waals surface area (Å²) in [5, 5.41) is 15.3. The van der Waals surface area contributed by atoms with Crippen molar-refractivity contribution in [3.05, 3.63) is 34.3 Å². The molecule has 140 valence electrons. The van der Waals surface area contributed by atoms with Gasteiger partial charge in [-0.25, -0.2) is 0 Å². The molecule has 26 heavy (non-hydrogen) atoms. The van der Waals surface area contributed by atoms with Gasteiger partial charge >= 0.3 is 0 Å². The zero-order chi connectivity index (χ0) is 18.4. The summed E-state index contributed by atoms with van der Waals surface area (Å²) in [6, 6.07) is 7.91. The molecule has 1 aromatic heterocycles. The minimum atomic E-state index is -0.0331. The van der Waals surface area contributed by atoms with E-state index in [1.54, 1.807) is 0 Å². The third-order valence-electron chi connectivity index (χ3n) is 3.99. The Hall–Kier alpha value is -1.16. The van der Waals surface area contributed by atoms with Gasteiger partial charge in [0.1, 0.15) is 0 Å². The smallest absolute Gasteiger partial charge is 0.230 e. The number of thioether (sulfide) groups is 1. The van der Waals surface area contributed by atoms with E-state index in [4.69, 9.17) is 4.74 Å². The second-order valence-electron chi connectivity index (χ2n) is 6.02. The SMILES string of the molecule is C[C@@H](NC(=O)CSc1nnc(NC[C@@H]2CCCO2)s1)c1ccc(Br)cc1. The first-order valence-electron chi connectivity index (χ1n) is 8.47. The Balaban J connectivity index is 1.40. The molecule has 1 amide bonds. The van der Waals surface area contributed by atoms with Gasteiger partial charge in [-0.05, 0) is 37.5 Å². The van der Waals surface area contributed by atoms with Gasteiger partial charge < -0.3 is 15.4 Å². The second-order valence-corrected chi connectivity index (χ2v) is 9.13. The van der Waals surface area contributed by atoms with Crippen molar-refractivity contribution in [2.75, 3.05) is 24.2 Å². The van der Waals surface area contributed by atoms with E-state index in [9.17, 15) is 4.79 Å². The van der Waals surface area contributed by atoms with Crippen molar-refractivity contribution in [1.29, 1.82) is 0 Å². The Kier molecular flexibility index (Phi) is 7.30. The van der Waals surface area contributed by atoms with Gasteiger partial charge in [-0.3, -0.25) is 4.79 Å². The van der Waals surface area contributed by atoms with E-state index in [1.807, 2.05) is 31.2 Å². The minimum Gasteiger partial charge on any atom is -0.376 e. The van der Waals surface area contributed by atoms with Crippen molar-refractivity contribution in [1.82, 2.24) is 15.5 Å². The number of carbonyl (C=O) groups is 1. The van der Waals surface area contributed by atoms with E-state index < -0.39 is 0 Å². The molecule has 6 nitrogen and oxygen atoms in total. The fraction of sp³-hybridized carbons (Fsp3) is 0.471. The quantitative estimate of drug-likeness (QED) is 0.587. The lowest BCUT2D eigenvalue weighted by atomic mass is 10.1. The summed E-state index contributed by atoms with van der Waals surface area (Å²) in [6.45, 7) is 3.58. The van der Waals surface area contributed by atoms with Crippen LogP contribution in [0.5, 0.6) is 0 Å². The van der Waals surface area contributed by atoms with E-state index in [1.165, 1.54) is 23.1 Å². The zero-order valence-electron chi connectivity index (χ0n) is 14.4. The van der Waals surface area contributed by atoms with Crippen LogP contribution in [-0.4, -0.2) is 41.1 Å². The summed E-state index contributed by atoms with van der Waals surface area (Å²) in [4.78, 5) is 12.2. The molecule has 1 aromatic carbocycles. The van der Waals surface area contributed by atoms with Crippen LogP contribution in [-0.2, 0) is 9.53 Å². The molecule has 1 fully saturated rings. The standard InChI is InChI=1S/C17H21BrN4O2S2/c1-11(12-4-6-13(18)7-5-12)20-15(23)10-25-17-22-21-16(26-17)19-9-14-3-2-8-24-14/h4-7,11,14H,2-3,8-10H2,1H3,(H,19,21)(H,20,23)/t11-,14+/m1/s1. The maximum atomic E-state index is 12.2. The van der Waals surface area contributed by atoms with Gasteiger partial charge in [0.25, 0.3) is 0 Å². The number of halogens is 1. The lowest BCUT2D eigenvalue weighted by Gasteiger charge is -2.14. The molecule has 0 aliphatic carbocycles. The van der Waals surface area contributed by atoms with Crippen LogP contribution in [0.1, 0.15) is 31.4 Å². The van der Waals surface area contributed by atoms with E-state index in [2.05, 4.69) is 36.8 Å².